The zero-order valence-electron chi connectivity index (χ0n) is 11.4. The second-order valence-corrected chi connectivity index (χ2v) is 4.88. The fourth-order valence-electron chi connectivity index (χ4n) is 1.83. The molecule has 1 unspecified atom stereocenters. The first kappa shape index (κ1) is 14.7. The zero-order valence-corrected chi connectivity index (χ0v) is 11.4. The Morgan fingerprint density at radius 1 is 1.28 bits per heavy atom. The predicted octanol–water partition coefficient (Wildman–Crippen LogP) is 2.03. The minimum absolute atomic E-state index is 0.0191. The molecule has 1 aromatic rings. The number of hydrogen-bond donors (Lipinski definition) is 2. The molecule has 1 rings (SSSR count). The number of amides is 1. The largest absolute Gasteiger partial charge is 0.356 e. The number of benzene rings is 1. The third kappa shape index (κ3) is 5.32. The predicted molar refractivity (Wildman–Crippen MR) is 75.3 cm³/mol. The van der Waals surface area contributed by atoms with Gasteiger partial charge >= 0.3 is 0 Å². The van der Waals surface area contributed by atoms with E-state index in [1.807, 2.05) is 6.92 Å². The first-order chi connectivity index (χ1) is 8.63. The molecule has 0 radical (unpaired) electrons. The van der Waals surface area contributed by atoms with Crippen LogP contribution >= 0.6 is 0 Å². The maximum absolute atomic E-state index is 11.8. The molecule has 1 amide bonds. The van der Waals surface area contributed by atoms with Gasteiger partial charge in [0.2, 0.25) is 5.91 Å². The van der Waals surface area contributed by atoms with Gasteiger partial charge in [-0.25, -0.2) is 0 Å². The van der Waals surface area contributed by atoms with Crippen molar-refractivity contribution in [3.8, 4) is 0 Å². The summed E-state index contributed by atoms with van der Waals surface area (Å²) in [6.45, 7) is 5.46. The monoisotopic (exact) mass is 248 g/mol. The molecule has 3 nitrogen and oxygen atoms in total. The minimum Gasteiger partial charge on any atom is -0.356 e. The molecule has 3 N–H and O–H groups in total. The molecule has 0 spiro atoms. The normalized spacial score (nSPS) is 12.2. The zero-order chi connectivity index (χ0) is 13.4. The van der Waals surface area contributed by atoms with E-state index in [0.717, 1.165) is 25.8 Å². The molecule has 1 atom stereocenters. The molecule has 1 aromatic carbocycles. The lowest BCUT2D eigenvalue weighted by atomic mass is 9.99. The number of carbonyl (C=O) groups excluding carboxylic acids is 1. The highest BCUT2D eigenvalue weighted by Gasteiger charge is 2.12. The van der Waals surface area contributed by atoms with Gasteiger partial charge in [-0.1, -0.05) is 36.8 Å². The number of nitrogens with one attached hydrogen (secondary N) is 1. The molecule has 0 aromatic heterocycles. The Morgan fingerprint density at radius 3 is 2.56 bits per heavy atom. The van der Waals surface area contributed by atoms with Crippen LogP contribution in [0.15, 0.2) is 24.3 Å². The summed E-state index contributed by atoms with van der Waals surface area (Å²) in [4.78, 5) is 11.8. The van der Waals surface area contributed by atoms with Crippen LogP contribution in [0.3, 0.4) is 0 Å². The first-order valence-electron chi connectivity index (χ1n) is 6.67. The van der Waals surface area contributed by atoms with E-state index in [2.05, 4.69) is 36.5 Å². The van der Waals surface area contributed by atoms with Crippen LogP contribution in [0, 0.1) is 12.8 Å². The number of rotatable bonds is 7. The van der Waals surface area contributed by atoms with Crippen molar-refractivity contribution in [2.45, 2.75) is 33.1 Å². The first-order valence-corrected chi connectivity index (χ1v) is 6.67. The summed E-state index contributed by atoms with van der Waals surface area (Å²) in [5.41, 5.74) is 7.87. The molecular formula is C15H24N2O. The second kappa shape index (κ2) is 7.88. The van der Waals surface area contributed by atoms with Gasteiger partial charge in [-0.3, -0.25) is 4.79 Å². The van der Waals surface area contributed by atoms with E-state index >= 15 is 0 Å². The van der Waals surface area contributed by atoms with Crippen LogP contribution in [0.4, 0.5) is 0 Å². The average Bonchev–Trinajstić information content (AvgIpc) is 2.37. The minimum atomic E-state index is 0.0191. The average molecular weight is 248 g/mol. The molecule has 100 valence electrons. The number of hydrogen-bond acceptors (Lipinski definition) is 2. The fraction of sp³-hybridized carbons (Fsp3) is 0.533. The maximum Gasteiger partial charge on any atom is 0.223 e. The number of unbranched alkanes of at least 4 members (excludes halogenated alkanes) is 1. The van der Waals surface area contributed by atoms with Crippen LogP contribution in [-0.4, -0.2) is 19.0 Å². The van der Waals surface area contributed by atoms with E-state index in [4.69, 9.17) is 5.73 Å². The quantitative estimate of drug-likeness (QED) is 0.725. The van der Waals surface area contributed by atoms with Gasteiger partial charge < -0.3 is 11.1 Å². The van der Waals surface area contributed by atoms with Crippen LogP contribution in [0.1, 0.15) is 30.9 Å². The van der Waals surface area contributed by atoms with Gasteiger partial charge in [-0.05, 0) is 38.3 Å². The van der Waals surface area contributed by atoms with Crippen molar-refractivity contribution in [3.63, 3.8) is 0 Å². The van der Waals surface area contributed by atoms with Crippen molar-refractivity contribution in [2.24, 2.45) is 11.7 Å². The molecule has 18 heavy (non-hydrogen) atoms. The van der Waals surface area contributed by atoms with Crippen LogP contribution < -0.4 is 11.1 Å². The van der Waals surface area contributed by atoms with Gasteiger partial charge in [0.05, 0.1) is 0 Å². The third-order valence-electron chi connectivity index (χ3n) is 3.04. The topological polar surface area (TPSA) is 55.1 Å². The summed E-state index contributed by atoms with van der Waals surface area (Å²) in [5.74, 6) is 0.151. The summed E-state index contributed by atoms with van der Waals surface area (Å²) in [5, 5.41) is 2.95. The second-order valence-electron chi connectivity index (χ2n) is 4.88. The molecular weight excluding hydrogens is 224 g/mol. The van der Waals surface area contributed by atoms with Gasteiger partial charge in [0, 0.05) is 12.5 Å². The lowest BCUT2D eigenvalue weighted by molar-refractivity contribution is -0.124. The Hall–Kier alpha value is -1.35. The summed E-state index contributed by atoms with van der Waals surface area (Å²) in [6.07, 6.45) is 2.72. The van der Waals surface area contributed by atoms with Crippen molar-refractivity contribution in [3.05, 3.63) is 35.4 Å². The third-order valence-corrected chi connectivity index (χ3v) is 3.04. The van der Waals surface area contributed by atoms with Gasteiger partial charge in [-0.2, -0.15) is 0 Å². The molecule has 0 saturated heterocycles. The molecule has 0 aliphatic heterocycles. The summed E-state index contributed by atoms with van der Waals surface area (Å²) < 4.78 is 0. The highest BCUT2D eigenvalue weighted by Crippen LogP contribution is 2.10. The van der Waals surface area contributed by atoms with Gasteiger partial charge in [-0.15, -0.1) is 0 Å². The van der Waals surface area contributed by atoms with Crippen LogP contribution in [-0.2, 0) is 11.2 Å². The maximum atomic E-state index is 11.8. The van der Waals surface area contributed by atoms with Crippen molar-refractivity contribution in [2.75, 3.05) is 13.1 Å². The standard InChI is InChI=1S/C15H24N2O/c1-12-5-7-14(8-6-12)11-13(2)15(18)17-10-4-3-9-16/h5-8,13H,3-4,9-11,16H2,1-2H3,(H,17,18). The Balaban J connectivity index is 2.33. The number of nitrogens with two attached hydrogens (primary N) is 1. The Bertz CT molecular complexity index is 359. The van der Waals surface area contributed by atoms with E-state index in [-0.39, 0.29) is 11.8 Å². The molecule has 0 fully saturated rings. The van der Waals surface area contributed by atoms with Crippen molar-refractivity contribution < 1.29 is 4.79 Å². The summed E-state index contributed by atoms with van der Waals surface area (Å²) >= 11 is 0. The molecule has 0 bridgehead atoms. The van der Waals surface area contributed by atoms with Crippen molar-refractivity contribution >= 4 is 5.91 Å². The lowest BCUT2D eigenvalue weighted by Crippen LogP contribution is -2.31. The summed E-state index contributed by atoms with van der Waals surface area (Å²) in [6, 6.07) is 8.35. The smallest absolute Gasteiger partial charge is 0.223 e. The highest BCUT2D eigenvalue weighted by molar-refractivity contribution is 5.78. The van der Waals surface area contributed by atoms with Gasteiger partial charge in [0.15, 0.2) is 0 Å². The van der Waals surface area contributed by atoms with Gasteiger partial charge in [0.1, 0.15) is 0 Å². The SMILES string of the molecule is Cc1ccc(CC(C)C(=O)NCCCCN)cc1. The van der Waals surface area contributed by atoms with Crippen molar-refractivity contribution in [1.82, 2.24) is 5.32 Å². The van der Waals surface area contributed by atoms with E-state index in [9.17, 15) is 4.79 Å². The molecule has 0 aliphatic rings. The van der Waals surface area contributed by atoms with E-state index in [1.165, 1.54) is 11.1 Å². The van der Waals surface area contributed by atoms with Crippen LogP contribution in [0.5, 0.6) is 0 Å². The van der Waals surface area contributed by atoms with Crippen LogP contribution in [0.25, 0.3) is 0 Å². The highest BCUT2D eigenvalue weighted by atomic mass is 16.1. The fourth-order valence-corrected chi connectivity index (χ4v) is 1.83. The Morgan fingerprint density at radius 2 is 1.94 bits per heavy atom. The molecule has 0 aliphatic carbocycles. The van der Waals surface area contributed by atoms with E-state index in [0.29, 0.717) is 6.54 Å². The van der Waals surface area contributed by atoms with E-state index in [1.54, 1.807) is 0 Å². The van der Waals surface area contributed by atoms with Crippen molar-refractivity contribution in [1.29, 1.82) is 0 Å². The van der Waals surface area contributed by atoms with Gasteiger partial charge in [0.25, 0.3) is 0 Å². The Labute approximate surface area is 110 Å². The van der Waals surface area contributed by atoms with Crippen LogP contribution in [0.2, 0.25) is 0 Å². The Kier molecular flexibility index (Phi) is 6.44. The summed E-state index contributed by atoms with van der Waals surface area (Å²) in [7, 11) is 0. The number of carbonyl (C=O) groups is 1. The molecule has 3 heteroatoms. The molecule has 0 heterocycles. The van der Waals surface area contributed by atoms with E-state index < -0.39 is 0 Å². The number of aryl methyl sites for hydroxylation is 1. The lowest BCUT2D eigenvalue weighted by Gasteiger charge is -2.12. The molecule has 0 saturated carbocycles.